The largest absolute Gasteiger partial charge is 0.388 e. The van der Waals surface area contributed by atoms with Crippen LogP contribution in [-0.2, 0) is 0 Å². The Bertz CT molecular complexity index is 715. The van der Waals surface area contributed by atoms with Gasteiger partial charge in [0.15, 0.2) is 5.78 Å². The second-order valence-corrected chi connectivity index (χ2v) is 6.34. The van der Waals surface area contributed by atoms with Crippen LogP contribution in [-0.4, -0.2) is 39.8 Å². The number of piperidine rings is 1. The van der Waals surface area contributed by atoms with Crippen molar-refractivity contribution in [1.29, 1.82) is 0 Å². The van der Waals surface area contributed by atoms with E-state index >= 15 is 0 Å². The summed E-state index contributed by atoms with van der Waals surface area (Å²) in [7, 11) is 0. The summed E-state index contributed by atoms with van der Waals surface area (Å²) in [6.07, 6.45) is 2.62. The molecule has 0 aliphatic carbocycles. The van der Waals surface area contributed by atoms with Crippen molar-refractivity contribution in [2.24, 2.45) is 5.92 Å². The summed E-state index contributed by atoms with van der Waals surface area (Å²) >= 11 is 0. The van der Waals surface area contributed by atoms with Crippen molar-refractivity contribution in [2.45, 2.75) is 25.9 Å². The van der Waals surface area contributed by atoms with E-state index in [1.165, 1.54) is 6.92 Å². The molecule has 1 aliphatic rings. The van der Waals surface area contributed by atoms with Crippen LogP contribution < -0.4 is 0 Å². The fourth-order valence-corrected chi connectivity index (χ4v) is 3.23. The van der Waals surface area contributed by atoms with Gasteiger partial charge >= 0.3 is 0 Å². The molecule has 0 radical (unpaired) electrons. The van der Waals surface area contributed by atoms with Gasteiger partial charge in [-0.05, 0) is 37.3 Å². The van der Waals surface area contributed by atoms with Gasteiger partial charge in [-0.3, -0.25) is 9.59 Å². The normalized spacial score (nSPS) is 16.8. The van der Waals surface area contributed by atoms with Crippen LogP contribution >= 0.6 is 0 Å². The summed E-state index contributed by atoms with van der Waals surface area (Å²) in [6, 6.07) is 11.3. The van der Waals surface area contributed by atoms with Crippen LogP contribution in [0.4, 0.5) is 0 Å². The lowest BCUT2D eigenvalue weighted by molar-refractivity contribution is 0.0459. The zero-order valence-electron chi connectivity index (χ0n) is 13.7. The summed E-state index contributed by atoms with van der Waals surface area (Å²) in [4.78, 5) is 28.5. The van der Waals surface area contributed by atoms with Crippen molar-refractivity contribution in [3.8, 4) is 0 Å². The number of hydrogen-bond donors (Lipinski definition) is 2. The first-order valence-corrected chi connectivity index (χ1v) is 8.28. The van der Waals surface area contributed by atoms with E-state index in [2.05, 4.69) is 4.98 Å². The van der Waals surface area contributed by atoms with Crippen LogP contribution in [0, 0.1) is 5.92 Å². The molecule has 2 N–H and O–H groups in total. The predicted octanol–water partition coefficient (Wildman–Crippen LogP) is 2.80. The number of aliphatic hydroxyl groups excluding tert-OH is 1. The number of carbonyl (C=O) groups excluding carboxylic acids is 2. The van der Waals surface area contributed by atoms with E-state index in [4.69, 9.17) is 0 Å². The van der Waals surface area contributed by atoms with Gasteiger partial charge in [-0.25, -0.2) is 0 Å². The Morgan fingerprint density at radius 1 is 1.21 bits per heavy atom. The van der Waals surface area contributed by atoms with Crippen LogP contribution in [0.2, 0.25) is 0 Å². The topological polar surface area (TPSA) is 73.4 Å². The Kier molecular flexibility index (Phi) is 4.81. The van der Waals surface area contributed by atoms with E-state index in [-0.39, 0.29) is 17.6 Å². The highest BCUT2D eigenvalue weighted by atomic mass is 16.3. The summed E-state index contributed by atoms with van der Waals surface area (Å²) in [5.74, 6) is 0.0121. The second kappa shape index (κ2) is 7.01. The van der Waals surface area contributed by atoms with E-state index < -0.39 is 6.10 Å². The Morgan fingerprint density at radius 2 is 1.88 bits per heavy atom. The molecular formula is C19H22N2O3. The third-order valence-corrected chi connectivity index (χ3v) is 4.73. The molecule has 0 saturated carbocycles. The predicted molar refractivity (Wildman–Crippen MR) is 90.8 cm³/mol. The maximum atomic E-state index is 12.5. The Morgan fingerprint density at radius 3 is 2.46 bits per heavy atom. The third-order valence-electron chi connectivity index (χ3n) is 4.73. The van der Waals surface area contributed by atoms with Crippen LogP contribution in [0.25, 0.3) is 0 Å². The fraction of sp³-hybridized carbons (Fsp3) is 0.368. The van der Waals surface area contributed by atoms with Crippen molar-refractivity contribution in [3.05, 3.63) is 59.4 Å². The molecule has 1 atom stereocenters. The molecule has 126 valence electrons. The maximum absolute atomic E-state index is 12.5. The monoisotopic (exact) mass is 326 g/mol. The van der Waals surface area contributed by atoms with Gasteiger partial charge in [0, 0.05) is 24.8 Å². The molecular weight excluding hydrogens is 304 g/mol. The number of carbonyl (C=O) groups is 2. The number of likely N-dealkylation sites (tertiary alicyclic amines) is 1. The molecule has 1 amide bonds. The number of aromatic nitrogens is 1. The average molecular weight is 326 g/mol. The summed E-state index contributed by atoms with van der Waals surface area (Å²) < 4.78 is 0. The molecule has 1 unspecified atom stereocenters. The summed E-state index contributed by atoms with van der Waals surface area (Å²) in [6.45, 7) is 2.71. The number of rotatable bonds is 4. The van der Waals surface area contributed by atoms with Crippen molar-refractivity contribution in [1.82, 2.24) is 9.88 Å². The lowest BCUT2D eigenvalue weighted by Crippen LogP contribution is -2.39. The first-order chi connectivity index (χ1) is 11.6. The van der Waals surface area contributed by atoms with Crippen LogP contribution in [0.1, 0.15) is 52.3 Å². The molecule has 1 aromatic carbocycles. The van der Waals surface area contributed by atoms with Crippen molar-refractivity contribution in [3.63, 3.8) is 0 Å². The number of ketones is 1. The zero-order valence-corrected chi connectivity index (χ0v) is 13.7. The smallest absolute Gasteiger partial charge is 0.270 e. The minimum absolute atomic E-state index is 0.0602. The van der Waals surface area contributed by atoms with Gasteiger partial charge in [-0.2, -0.15) is 0 Å². The average Bonchev–Trinajstić information content (AvgIpc) is 3.12. The number of nitrogens with one attached hydrogen (secondary N) is 1. The Balaban J connectivity index is 1.60. The molecule has 2 heterocycles. The molecule has 5 heteroatoms. The van der Waals surface area contributed by atoms with Gasteiger partial charge in [0.25, 0.3) is 5.91 Å². The summed E-state index contributed by atoms with van der Waals surface area (Å²) in [5, 5.41) is 10.5. The third kappa shape index (κ3) is 3.41. The minimum Gasteiger partial charge on any atom is -0.388 e. The van der Waals surface area contributed by atoms with E-state index in [9.17, 15) is 14.7 Å². The molecule has 0 spiro atoms. The maximum Gasteiger partial charge on any atom is 0.270 e. The zero-order chi connectivity index (χ0) is 17.1. The number of Topliss-reactive ketones (excluding diaryl/α,β-unsaturated/α-hetero) is 1. The number of amides is 1. The number of benzene rings is 1. The number of aromatic amines is 1. The number of aliphatic hydroxyl groups is 1. The van der Waals surface area contributed by atoms with Crippen LogP contribution in [0.5, 0.6) is 0 Å². The van der Waals surface area contributed by atoms with Crippen LogP contribution in [0.15, 0.2) is 42.6 Å². The lowest BCUT2D eigenvalue weighted by Gasteiger charge is -2.34. The molecule has 2 aromatic rings. The van der Waals surface area contributed by atoms with E-state index in [0.29, 0.717) is 24.3 Å². The van der Waals surface area contributed by atoms with Crippen LogP contribution in [0.3, 0.4) is 0 Å². The van der Waals surface area contributed by atoms with E-state index in [0.717, 1.165) is 18.4 Å². The van der Waals surface area contributed by atoms with Crippen molar-refractivity contribution in [2.75, 3.05) is 13.1 Å². The van der Waals surface area contributed by atoms with Gasteiger partial charge in [-0.15, -0.1) is 0 Å². The quantitative estimate of drug-likeness (QED) is 0.849. The molecule has 1 aromatic heterocycles. The van der Waals surface area contributed by atoms with Gasteiger partial charge in [-0.1, -0.05) is 30.3 Å². The number of hydrogen-bond acceptors (Lipinski definition) is 3. The molecule has 5 nitrogen and oxygen atoms in total. The first kappa shape index (κ1) is 16.5. The van der Waals surface area contributed by atoms with E-state index in [1.54, 1.807) is 17.2 Å². The fourth-order valence-electron chi connectivity index (χ4n) is 3.23. The lowest BCUT2D eigenvalue weighted by atomic mass is 9.87. The second-order valence-electron chi connectivity index (χ2n) is 6.34. The number of nitrogens with zero attached hydrogens (tertiary/aromatic N) is 1. The minimum atomic E-state index is -0.488. The highest BCUT2D eigenvalue weighted by Gasteiger charge is 2.29. The van der Waals surface area contributed by atoms with Gasteiger partial charge in [0.1, 0.15) is 5.69 Å². The van der Waals surface area contributed by atoms with Crippen molar-refractivity contribution < 1.29 is 14.7 Å². The van der Waals surface area contributed by atoms with Gasteiger partial charge in [0.2, 0.25) is 0 Å². The van der Waals surface area contributed by atoms with E-state index in [1.807, 2.05) is 30.3 Å². The highest BCUT2D eigenvalue weighted by molar-refractivity contribution is 5.99. The standard InChI is InChI=1S/C19H22N2O3/c1-13(22)16-11-17(20-12-16)19(24)21-9-7-15(8-10-21)18(23)14-5-3-2-4-6-14/h2-6,11-12,15,18,20,23H,7-10H2,1H3. The molecule has 1 saturated heterocycles. The van der Waals surface area contributed by atoms with Gasteiger partial charge in [0.05, 0.1) is 6.10 Å². The van der Waals surface area contributed by atoms with Gasteiger partial charge < -0.3 is 15.0 Å². The SMILES string of the molecule is CC(=O)c1c[nH]c(C(=O)N2CCC(C(O)c3ccccc3)CC2)c1. The van der Waals surface area contributed by atoms with Crippen molar-refractivity contribution >= 4 is 11.7 Å². The molecule has 1 aliphatic heterocycles. The summed E-state index contributed by atoms with van der Waals surface area (Å²) in [5.41, 5.74) is 1.90. The Labute approximate surface area is 141 Å². The molecule has 3 rings (SSSR count). The molecule has 1 fully saturated rings. The Hall–Kier alpha value is -2.40. The molecule has 0 bridgehead atoms. The highest BCUT2D eigenvalue weighted by Crippen LogP contribution is 2.31. The molecule has 24 heavy (non-hydrogen) atoms. The first-order valence-electron chi connectivity index (χ1n) is 8.28. The number of H-pyrrole nitrogens is 1.